The molecule has 4 rings (SSSR count). The number of hydrogen-bond acceptors (Lipinski definition) is 2. The van der Waals surface area contributed by atoms with Crippen LogP contribution in [0, 0.1) is 5.41 Å². The van der Waals surface area contributed by atoms with Crippen molar-refractivity contribution in [2.45, 2.75) is 37.6 Å². The predicted octanol–water partition coefficient (Wildman–Crippen LogP) is 5.99. The van der Waals surface area contributed by atoms with Gasteiger partial charge in [0.25, 0.3) is 0 Å². The lowest BCUT2D eigenvalue weighted by molar-refractivity contribution is 0.103. The Morgan fingerprint density at radius 2 is 0.735 bits per heavy atom. The van der Waals surface area contributed by atoms with Crippen molar-refractivity contribution < 1.29 is 0 Å². The third kappa shape index (κ3) is 5.83. The molecule has 174 valence electrons. The predicted molar refractivity (Wildman–Crippen MR) is 144 cm³/mol. The van der Waals surface area contributed by atoms with Gasteiger partial charge in [-0.3, -0.25) is 0 Å². The van der Waals surface area contributed by atoms with Gasteiger partial charge in [0.2, 0.25) is 0 Å². The normalized spacial score (nSPS) is 11.9. The summed E-state index contributed by atoms with van der Waals surface area (Å²) in [5, 5.41) is 0. The third-order valence-corrected chi connectivity index (χ3v) is 7.17. The summed E-state index contributed by atoms with van der Waals surface area (Å²) >= 11 is 0. The van der Waals surface area contributed by atoms with Crippen LogP contribution in [-0.2, 0) is 25.7 Å². The van der Waals surface area contributed by atoms with Crippen molar-refractivity contribution >= 4 is 0 Å². The maximum absolute atomic E-state index is 7.67. The van der Waals surface area contributed by atoms with Crippen LogP contribution in [0.1, 0.15) is 28.7 Å². The Balaban J connectivity index is 1.85. The van der Waals surface area contributed by atoms with Gasteiger partial charge in [0, 0.05) is 5.54 Å². The highest BCUT2D eigenvalue weighted by Gasteiger charge is 2.48. The molecule has 0 bridgehead atoms. The van der Waals surface area contributed by atoms with Crippen LogP contribution in [0.2, 0.25) is 0 Å². The van der Waals surface area contributed by atoms with E-state index in [0.717, 1.165) is 32.1 Å². The first-order valence-corrected chi connectivity index (χ1v) is 12.3. The first-order chi connectivity index (χ1) is 16.6. The van der Waals surface area contributed by atoms with E-state index >= 15 is 0 Å². The highest BCUT2D eigenvalue weighted by molar-refractivity contribution is 5.30. The van der Waals surface area contributed by atoms with E-state index in [1.54, 1.807) is 0 Å². The Kier molecular flexibility index (Phi) is 7.95. The molecule has 0 fully saturated rings. The standard InChI is InChI=1S/C32H36N2/c33-22-21-31(23-27-13-5-1-6-14-27,24-28-15-7-2-8-16-28)32(34,25-29-17-9-3-10-18-29)26-30-19-11-4-12-20-30/h1-20H,21-26,33-34H2. The molecule has 0 saturated carbocycles. The second-order valence-corrected chi connectivity index (χ2v) is 9.62. The maximum Gasteiger partial charge on any atom is 0.0299 e. The van der Waals surface area contributed by atoms with Crippen LogP contribution in [0.5, 0.6) is 0 Å². The maximum atomic E-state index is 7.67. The molecule has 0 saturated heterocycles. The summed E-state index contributed by atoms with van der Waals surface area (Å²) in [4.78, 5) is 0. The molecule has 0 aliphatic rings. The topological polar surface area (TPSA) is 52.0 Å². The number of hydrogen-bond donors (Lipinski definition) is 2. The van der Waals surface area contributed by atoms with Crippen LogP contribution in [0.3, 0.4) is 0 Å². The van der Waals surface area contributed by atoms with Gasteiger partial charge in [-0.1, -0.05) is 121 Å². The SMILES string of the molecule is NCCC(Cc1ccccc1)(Cc1ccccc1)C(N)(Cc1ccccc1)Cc1ccccc1. The first kappa shape index (κ1) is 23.9. The van der Waals surface area contributed by atoms with Crippen molar-refractivity contribution in [2.24, 2.45) is 16.9 Å². The van der Waals surface area contributed by atoms with E-state index in [1.807, 2.05) is 0 Å². The third-order valence-electron chi connectivity index (χ3n) is 7.17. The van der Waals surface area contributed by atoms with Gasteiger partial charge in [-0.15, -0.1) is 0 Å². The molecular weight excluding hydrogens is 412 g/mol. The zero-order valence-corrected chi connectivity index (χ0v) is 19.9. The second-order valence-electron chi connectivity index (χ2n) is 9.62. The summed E-state index contributed by atoms with van der Waals surface area (Å²) < 4.78 is 0. The van der Waals surface area contributed by atoms with Crippen LogP contribution >= 0.6 is 0 Å². The van der Waals surface area contributed by atoms with Crippen LogP contribution in [0.25, 0.3) is 0 Å². The fraction of sp³-hybridized carbons (Fsp3) is 0.250. The van der Waals surface area contributed by atoms with E-state index in [-0.39, 0.29) is 5.41 Å². The summed E-state index contributed by atoms with van der Waals surface area (Å²) in [6.07, 6.45) is 4.21. The van der Waals surface area contributed by atoms with Crippen LogP contribution < -0.4 is 11.5 Å². The van der Waals surface area contributed by atoms with Crippen molar-refractivity contribution in [2.75, 3.05) is 6.54 Å². The Hall–Kier alpha value is -3.20. The Bertz CT molecular complexity index is 1030. The quantitative estimate of drug-likeness (QED) is 0.296. The average molecular weight is 449 g/mol. The van der Waals surface area contributed by atoms with Gasteiger partial charge in [0.1, 0.15) is 0 Å². The summed E-state index contributed by atoms with van der Waals surface area (Å²) in [7, 11) is 0. The van der Waals surface area contributed by atoms with Gasteiger partial charge in [0.15, 0.2) is 0 Å². The highest BCUT2D eigenvalue weighted by Crippen LogP contribution is 2.44. The van der Waals surface area contributed by atoms with Crippen molar-refractivity contribution in [1.29, 1.82) is 0 Å². The van der Waals surface area contributed by atoms with Crippen molar-refractivity contribution in [3.8, 4) is 0 Å². The van der Waals surface area contributed by atoms with Gasteiger partial charge in [-0.2, -0.15) is 0 Å². The number of nitrogens with two attached hydrogens (primary N) is 2. The minimum atomic E-state index is -0.499. The van der Waals surface area contributed by atoms with E-state index in [4.69, 9.17) is 11.5 Å². The van der Waals surface area contributed by atoms with Gasteiger partial charge >= 0.3 is 0 Å². The zero-order chi connectivity index (χ0) is 23.7. The molecular formula is C32H36N2. The molecule has 0 spiro atoms. The molecule has 0 heterocycles. The minimum Gasteiger partial charge on any atom is -0.330 e. The molecule has 0 radical (unpaired) electrons. The van der Waals surface area contributed by atoms with Crippen molar-refractivity contribution in [1.82, 2.24) is 0 Å². The van der Waals surface area contributed by atoms with Gasteiger partial charge in [-0.25, -0.2) is 0 Å². The zero-order valence-electron chi connectivity index (χ0n) is 19.9. The second kappa shape index (κ2) is 11.3. The Morgan fingerprint density at radius 3 is 1.03 bits per heavy atom. The molecule has 2 heteroatoms. The molecule has 4 aromatic rings. The number of benzene rings is 4. The smallest absolute Gasteiger partial charge is 0.0299 e. The van der Waals surface area contributed by atoms with Crippen LogP contribution in [-0.4, -0.2) is 12.1 Å². The van der Waals surface area contributed by atoms with Gasteiger partial charge in [-0.05, 0) is 66.3 Å². The molecule has 0 aliphatic heterocycles. The molecule has 2 nitrogen and oxygen atoms in total. The van der Waals surface area contributed by atoms with Crippen LogP contribution in [0.15, 0.2) is 121 Å². The lowest BCUT2D eigenvalue weighted by Crippen LogP contribution is -2.61. The van der Waals surface area contributed by atoms with Gasteiger partial charge < -0.3 is 11.5 Å². The molecule has 0 aromatic heterocycles. The lowest BCUT2D eigenvalue weighted by Gasteiger charge is -2.50. The molecule has 0 atom stereocenters. The average Bonchev–Trinajstić information content (AvgIpc) is 2.86. The largest absolute Gasteiger partial charge is 0.330 e. The molecule has 4 N–H and O–H groups in total. The first-order valence-electron chi connectivity index (χ1n) is 12.3. The fourth-order valence-electron chi connectivity index (χ4n) is 5.45. The van der Waals surface area contributed by atoms with Crippen molar-refractivity contribution in [3.63, 3.8) is 0 Å². The lowest BCUT2D eigenvalue weighted by atomic mass is 9.58. The van der Waals surface area contributed by atoms with E-state index in [2.05, 4.69) is 121 Å². The summed E-state index contributed by atoms with van der Waals surface area (Å²) in [5.41, 5.74) is 18.4. The molecule has 0 amide bonds. The monoisotopic (exact) mass is 448 g/mol. The molecule has 34 heavy (non-hydrogen) atoms. The van der Waals surface area contributed by atoms with E-state index in [0.29, 0.717) is 6.54 Å². The summed E-state index contributed by atoms with van der Waals surface area (Å²) in [5.74, 6) is 0. The fourth-order valence-corrected chi connectivity index (χ4v) is 5.45. The summed E-state index contributed by atoms with van der Waals surface area (Å²) in [6, 6.07) is 42.9. The van der Waals surface area contributed by atoms with Gasteiger partial charge in [0.05, 0.1) is 0 Å². The molecule has 0 aliphatic carbocycles. The Labute approximate surface area is 204 Å². The molecule has 0 unspecified atom stereocenters. The summed E-state index contributed by atoms with van der Waals surface area (Å²) in [6.45, 7) is 0.599. The van der Waals surface area contributed by atoms with E-state index in [1.165, 1.54) is 22.3 Å². The highest BCUT2D eigenvalue weighted by atomic mass is 14.8. The van der Waals surface area contributed by atoms with E-state index in [9.17, 15) is 0 Å². The van der Waals surface area contributed by atoms with Crippen molar-refractivity contribution in [3.05, 3.63) is 144 Å². The van der Waals surface area contributed by atoms with Crippen LogP contribution in [0.4, 0.5) is 0 Å². The minimum absolute atomic E-state index is 0.226. The molecule has 4 aromatic carbocycles. The number of rotatable bonds is 11. The Morgan fingerprint density at radius 1 is 0.441 bits per heavy atom. The van der Waals surface area contributed by atoms with E-state index < -0.39 is 5.54 Å².